The quantitative estimate of drug-likeness (QED) is 0.555. The molecule has 0 saturated heterocycles. The normalized spacial score (nSPS) is 13.0. The average Bonchev–Trinajstić information content (AvgIpc) is 3.38. The molecule has 2 unspecified atom stereocenters. The Bertz CT molecular complexity index is 891. The van der Waals surface area contributed by atoms with Crippen LogP contribution in [0.1, 0.15) is 40.0 Å². The van der Waals surface area contributed by atoms with E-state index in [9.17, 15) is 14.7 Å². The maximum atomic E-state index is 12.1. The predicted octanol–water partition coefficient (Wildman–Crippen LogP) is 3.38. The number of carbonyl (C=O) groups excluding carboxylic acids is 2. The first kappa shape index (κ1) is 19.3. The van der Waals surface area contributed by atoms with Gasteiger partial charge in [0.2, 0.25) is 0 Å². The third-order valence-corrected chi connectivity index (χ3v) is 5.93. The van der Waals surface area contributed by atoms with Crippen molar-refractivity contribution in [1.29, 1.82) is 0 Å². The van der Waals surface area contributed by atoms with Crippen molar-refractivity contribution in [3.05, 3.63) is 80.2 Å². The topological polar surface area (TPSA) is 78.4 Å². The van der Waals surface area contributed by atoms with Crippen LogP contribution in [0.25, 0.3) is 0 Å². The van der Waals surface area contributed by atoms with E-state index >= 15 is 0 Å². The van der Waals surface area contributed by atoms with Gasteiger partial charge in [-0.3, -0.25) is 9.59 Å². The molecule has 0 radical (unpaired) electrons. The Balaban J connectivity index is 1.51. The standard InChI is InChI=1S/C20H20N2O3S2/c1-13(14-5-3-2-4-6-14)22-20(25)19(24)21-11-16-7-8-17(27-16)18(23)15-9-10-26-12-15/h2-10,12-13,18,23H,11H2,1H3,(H,21,24)(H,22,25). The Labute approximate surface area is 165 Å². The number of hydrogen-bond acceptors (Lipinski definition) is 5. The van der Waals surface area contributed by atoms with Crippen LogP contribution in [0.5, 0.6) is 0 Å². The molecule has 0 fully saturated rings. The maximum Gasteiger partial charge on any atom is 0.309 e. The van der Waals surface area contributed by atoms with Crippen LogP contribution in [0, 0.1) is 0 Å². The van der Waals surface area contributed by atoms with E-state index in [4.69, 9.17) is 0 Å². The SMILES string of the molecule is CC(NC(=O)C(=O)NCc1ccc(C(O)c2ccsc2)s1)c1ccccc1. The summed E-state index contributed by atoms with van der Waals surface area (Å²) < 4.78 is 0. The summed E-state index contributed by atoms with van der Waals surface area (Å²) >= 11 is 2.94. The van der Waals surface area contributed by atoms with Crippen LogP contribution in [0.3, 0.4) is 0 Å². The summed E-state index contributed by atoms with van der Waals surface area (Å²) in [5.41, 5.74) is 1.79. The van der Waals surface area contributed by atoms with Crippen LogP contribution in [-0.2, 0) is 16.1 Å². The molecule has 1 aromatic carbocycles. The largest absolute Gasteiger partial charge is 0.383 e. The van der Waals surface area contributed by atoms with Gasteiger partial charge in [0.15, 0.2) is 0 Å². The minimum Gasteiger partial charge on any atom is -0.383 e. The van der Waals surface area contributed by atoms with Gasteiger partial charge in [0.05, 0.1) is 12.6 Å². The molecule has 140 valence electrons. The molecule has 2 heterocycles. The van der Waals surface area contributed by atoms with Gasteiger partial charge in [-0.2, -0.15) is 11.3 Å². The van der Waals surface area contributed by atoms with Gasteiger partial charge in [0.25, 0.3) is 0 Å². The summed E-state index contributed by atoms with van der Waals surface area (Å²) in [5.74, 6) is -1.34. The molecule has 0 bridgehead atoms. The zero-order chi connectivity index (χ0) is 19.2. The smallest absolute Gasteiger partial charge is 0.309 e. The van der Waals surface area contributed by atoms with E-state index in [0.29, 0.717) is 0 Å². The van der Waals surface area contributed by atoms with Crippen molar-refractivity contribution in [1.82, 2.24) is 10.6 Å². The number of benzene rings is 1. The van der Waals surface area contributed by atoms with Crippen LogP contribution >= 0.6 is 22.7 Å². The summed E-state index contributed by atoms with van der Waals surface area (Å²) in [6.45, 7) is 2.07. The Hall–Kier alpha value is -2.48. The monoisotopic (exact) mass is 400 g/mol. The second kappa shape index (κ2) is 8.94. The van der Waals surface area contributed by atoms with Gasteiger partial charge in [0.1, 0.15) is 6.10 Å². The molecule has 3 rings (SSSR count). The number of carbonyl (C=O) groups is 2. The number of hydrogen-bond donors (Lipinski definition) is 3. The molecule has 0 aliphatic heterocycles. The molecule has 3 N–H and O–H groups in total. The van der Waals surface area contributed by atoms with Crippen molar-refractivity contribution in [2.45, 2.75) is 25.6 Å². The van der Waals surface area contributed by atoms with E-state index in [-0.39, 0.29) is 12.6 Å². The molecule has 3 aromatic rings. The van der Waals surface area contributed by atoms with Gasteiger partial charge in [-0.1, -0.05) is 30.3 Å². The fourth-order valence-electron chi connectivity index (χ4n) is 2.57. The average molecular weight is 401 g/mol. The molecular formula is C20H20N2O3S2. The number of aliphatic hydroxyl groups is 1. The summed E-state index contributed by atoms with van der Waals surface area (Å²) in [4.78, 5) is 25.8. The highest BCUT2D eigenvalue weighted by Gasteiger charge is 2.18. The second-order valence-electron chi connectivity index (χ2n) is 6.05. The number of nitrogens with one attached hydrogen (secondary N) is 2. The summed E-state index contributed by atoms with van der Waals surface area (Å²) in [6.07, 6.45) is -0.666. The summed E-state index contributed by atoms with van der Waals surface area (Å²) in [6, 6.07) is 14.8. The Morgan fingerprint density at radius 2 is 1.81 bits per heavy atom. The van der Waals surface area contributed by atoms with E-state index in [1.165, 1.54) is 22.7 Å². The van der Waals surface area contributed by atoms with Gasteiger partial charge >= 0.3 is 11.8 Å². The number of amides is 2. The van der Waals surface area contributed by atoms with Crippen LogP contribution < -0.4 is 10.6 Å². The molecule has 0 aliphatic rings. The van der Waals surface area contributed by atoms with Crippen molar-refractivity contribution >= 4 is 34.5 Å². The summed E-state index contributed by atoms with van der Waals surface area (Å²) in [5, 5.41) is 19.5. The van der Waals surface area contributed by atoms with Crippen molar-refractivity contribution in [2.24, 2.45) is 0 Å². The molecule has 5 nitrogen and oxygen atoms in total. The molecule has 0 saturated carbocycles. The second-order valence-corrected chi connectivity index (χ2v) is 8.03. The lowest BCUT2D eigenvalue weighted by atomic mass is 10.1. The van der Waals surface area contributed by atoms with Crippen molar-refractivity contribution < 1.29 is 14.7 Å². The maximum absolute atomic E-state index is 12.1. The minimum atomic E-state index is -0.675. The van der Waals surface area contributed by atoms with Crippen LogP contribution in [-0.4, -0.2) is 16.9 Å². The molecular weight excluding hydrogens is 380 g/mol. The molecule has 0 aliphatic carbocycles. The van der Waals surface area contributed by atoms with E-state index < -0.39 is 17.9 Å². The zero-order valence-electron chi connectivity index (χ0n) is 14.7. The molecule has 0 spiro atoms. The highest BCUT2D eigenvalue weighted by atomic mass is 32.1. The van der Waals surface area contributed by atoms with E-state index in [1.807, 2.05) is 66.2 Å². The fraction of sp³-hybridized carbons (Fsp3) is 0.200. The van der Waals surface area contributed by atoms with Gasteiger partial charge in [-0.25, -0.2) is 0 Å². The minimum absolute atomic E-state index is 0.243. The van der Waals surface area contributed by atoms with E-state index in [0.717, 1.165) is 20.9 Å². The van der Waals surface area contributed by atoms with E-state index in [1.54, 1.807) is 0 Å². The molecule has 2 aromatic heterocycles. The van der Waals surface area contributed by atoms with Gasteiger partial charge in [-0.15, -0.1) is 11.3 Å². The van der Waals surface area contributed by atoms with Crippen molar-refractivity contribution in [3.8, 4) is 0 Å². The van der Waals surface area contributed by atoms with Crippen molar-refractivity contribution in [3.63, 3.8) is 0 Å². The predicted molar refractivity (Wildman–Crippen MR) is 108 cm³/mol. The third kappa shape index (κ3) is 5.03. The first-order valence-corrected chi connectivity index (χ1v) is 10.2. The zero-order valence-corrected chi connectivity index (χ0v) is 16.3. The Morgan fingerprint density at radius 1 is 1.04 bits per heavy atom. The van der Waals surface area contributed by atoms with Gasteiger partial charge in [-0.05, 0) is 47.0 Å². The molecule has 7 heteroatoms. The lowest BCUT2D eigenvalue weighted by molar-refractivity contribution is -0.139. The van der Waals surface area contributed by atoms with Gasteiger partial charge < -0.3 is 15.7 Å². The van der Waals surface area contributed by atoms with Crippen LogP contribution in [0.15, 0.2) is 59.3 Å². The molecule has 2 atom stereocenters. The first-order valence-electron chi connectivity index (χ1n) is 8.47. The van der Waals surface area contributed by atoms with Crippen LogP contribution in [0.4, 0.5) is 0 Å². The molecule has 2 amide bonds. The Morgan fingerprint density at radius 3 is 2.52 bits per heavy atom. The third-order valence-electron chi connectivity index (χ3n) is 4.09. The van der Waals surface area contributed by atoms with Crippen molar-refractivity contribution in [2.75, 3.05) is 0 Å². The van der Waals surface area contributed by atoms with Crippen LogP contribution in [0.2, 0.25) is 0 Å². The first-order chi connectivity index (χ1) is 13.0. The highest BCUT2D eigenvalue weighted by molar-refractivity contribution is 7.12. The number of aliphatic hydroxyl groups excluding tert-OH is 1. The lowest BCUT2D eigenvalue weighted by Crippen LogP contribution is -2.40. The Kier molecular flexibility index (Phi) is 6.39. The number of rotatable bonds is 6. The number of thiophene rings is 2. The fourth-order valence-corrected chi connectivity index (χ4v) is 4.21. The van der Waals surface area contributed by atoms with Gasteiger partial charge in [0, 0.05) is 9.75 Å². The highest BCUT2D eigenvalue weighted by Crippen LogP contribution is 2.29. The molecule has 27 heavy (non-hydrogen) atoms. The summed E-state index contributed by atoms with van der Waals surface area (Å²) in [7, 11) is 0. The lowest BCUT2D eigenvalue weighted by Gasteiger charge is -2.13. The van der Waals surface area contributed by atoms with E-state index in [2.05, 4.69) is 10.6 Å².